The van der Waals surface area contributed by atoms with Crippen LogP contribution in [0.15, 0.2) is 0 Å². The summed E-state index contributed by atoms with van der Waals surface area (Å²) in [4.78, 5) is 0. The van der Waals surface area contributed by atoms with Crippen LogP contribution in [0.1, 0.15) is 46.5 Å². The molecule has 1 unspecified atom stereocenters. The van der Waals surface area contributed by atoms with E-state index in [0.29, 0.717) is 6.04 Å². The van der Waals surface area contributed by atoms with Crippen LogP contribution in [0.2, 0.25) is 0 Å². The first kappa shape index (κ1) is 14.9. The smallest absolute Gasteiger partial charge is 0.0874 e. The van der Waals surface area contributed by atoms with Gasteiger partial charge >= 0.3 is 0 Å². The topological polar surface area (TPSA) is 30.5 Å². The molecule has 0 bridgehead atoms. The molecule has 0 aromatic heterocycles. The van der Waals surface area contributed by atoms with E-state index in [1.807, 2.05) is 7.11 Å². The van der Waals surface area contributed by atoms with E-state index < -0.39 is 0 Å². The highest BCUT2D eigenvalue weighted by atomic mass is 16.5. The fourth-order valence-corrected chi connectivity index (χ4v) is 2.71. The summed E-state index contributed by atoms with van der Waals surface area (Å²) in [6, 6.07) is 0.462. The van der Waals surface area contributed by atoms with Gasteiger partial charge < -0.3 is 14.8 Å². The highest BCUT2D eigenvalue weighted by Crippen LogP contribution is 2.31. The standard InChI is InChI=1S/C14H29NO2/c1-5-15-13(7-6-12(2)3)14(16-4)8-10-17-11-9-14/h12-13,15H,5-11H2,1-4H3. The minimum Gasteiger partial charge on any atom is -0.381 e. The van der Waals surface area contributed by atoms with Gasteiger partial charge in [-0.2, -0.15) is 0 Å². The van der Waals surface area contributed by atoms with Gasteiger partial charge in [0.2, 0.25) is 0 Å². The first-order chi connectivity index (χ1) is 8.14. The predicted octanol–water partition coefficient (Wildman–Crippen LogP) is 2.60. The Kier molecular flexibility index (Phi) is 6.45. The maximum atomic E-state index is 5.88. The molecule has 0 saturated carbocycles. The van der Waals surface area contributed by atoms with Gasteiger partial charge in [-0.25, -0.2) is 0 Å². The number of hydrogen-bond donors (Lipinski definition) is 1. The van der Waals surface area contributed by atoms with Crippen LogP contribution in [0, 0.1) is 5.92 Å². The van der Waals surface area contributed by atoms with Crippen LogP contribution in [0.25, 0.3) is 0 Å². The van der Waals surface area contributed by atoms with E-state index in [0.717, 1.165) is 38.5 Å². The van der Waals surface area contributed by atoms with Gasteiger partial charge in [0.25, 0.3) is 0 Å². The molecule has 1 aliphatic rings. The van der Waals surface area contributed by atoms with Gasteiger partial charge in [-0.1, -0.05) is 20.8 Å². The van der Waals surface area contributed by atoms with Crippen molar-refractivity contribution in [2.75, 3.05) is 26.9 Å². The number of likely N-dealkylation sites (N-methyl/N-ethyl adjacent to an activating group) is 1. The lowest BCUT2D eigenvalue weighted by Crippen LogP contribution is -2.55. The maximum absolute atomic E-state index is 5.88. The summed E-state index contributed by atoms with van der Waals surface area (Å²) >= 11 is 0. The normalized spacial score (nSPS) is 21.7. The van der Waals surface area contributed by atoms with Crippen LogP contribution in [-0.4, -0.2) is 38.5 Å². The molecule has 0 aromatic rings. The lowest BCUT2D eigenvalue weighted by Gasteiger charge is -2.43. The average molecular weight is 243 g/mol. The molecule has 0 aromatic carbocycles. The summed E-state index contributed by atoms with van der Waals surface area (Å²) < 4.78 is 11.4. The molecule has 1 atom stereocenters. The molecular weight excluding hydrogens is 214 g/mol. The molecule has 0 amide bonds. The third-order valence-electron chi connectivity index (χ3n) is 3.86. The Morgan fingerprint density at radius 3 is 2.35 bits per heavy atom. The second kappa shape index (κ2) is 7.34. The third kappa shape index (κ3) is 4.23. The first-order valence-electron chi connectivity index (χ1n) is 7.01. The van der Waals surface area contributed by atoms with E-state index in [1.165, 1.54) is 12.8 Å². The fraction of sp³-hybridized carbons (Fsp3) is 1.00. The summed E-state index contributed by atoms with van der Waals surface area (Å²) in [6.07, 6.45) is 4.47. The summed E-state index contributed by atoms with van der Waals surface area (Å²) in [5.74, 6) is 0.755. The van der Waals surface area contributed by atoms with Crippen molar-refractivity contribution in [1.29, 1.82) is 0 Å². The van der Waals surface area contributed by atoms with Gasteiger partial charge in [-0.05, 0) is 25.3 Å². The molecule has 1 rings (SSSR count). The zero-order valence-corrected chi connectivity index (χ0v) is 11.9. The van der Waals surface area contributed by atoms with E-state index >= 15 is 0 Å². The number of rotatable bonds is 7. The van der Waals surface area contributed by atoms with Crippen molar-refractivity contribution >= 4 is 0 Å². The van der Waals surface area contributed by atoms with E-state index in [9.17, 15) is 0 Å². The largest absolute Gasteiger partial charge is 0.381 e. The molecule has 1 aliphatic heterocycles. The van der Waals surface area contributed by atoms with Gasteiger partial charge in [0.1, 0.15) is 0 Å². The molecule has 0 spiro atoms. The quantitative estimate of drug-likeness (QED) is 0.745. The molecule has 1 heterocycles. The molecule has 1 N–H and O–H groups in total. The minimum atomic E-state index is -0.0108. The molecule has 3 nitrogen and oxygen atoms in total. The van der Waals surface area contributed by atoms with Crippen LogP contribution in [-0.2, 0) is 9.47 Å². The Hall–Kier alpha value is -0.120. The summed E-state index contributed by atoms with van der Waals surface area (Å²) in [7, 11) is 1.85. The maximum Gasteiger partial charge on any atom is 0.0874 e. The van der Waals surface area contributed by atoms with Crippen LogP contribution >= 0.6 is 0 Å². The lowest BCUT2D eigenvalue weighted by atomic mass is 9.82. The lowest BCUT2D eigenvalue weighted by molar-refractivity contribution is -0.112. The van der Waals surface area contributed by atoms with Crippen molar-refractivity contribution in [3.05, 3.63) is 0 Å². The molecule has 0 aliphatic carbocycles. The Bertz CT molecular complexity index is 200. The molecule has 102 valence electrons. The zero-order valence-electron chi connectivity index (χ0n) is 11.9. The Balaban J connectivity index is 2.63. The molecule has 17 heavy (non-hydrogen) atoms. The number of methoxy groups -OCH3 is 1. The van der Waals surface area contributed by atoms with Gasteiger partial charge in [0, 0.05) is 39.2 Å². The summed E-state index contributed by atoms with van der Waals surface area (Å²) in [6.45, 7) is 9.41. The van der Waals surface area contributed by atoms with Gasteiger partial charge in [-0.15, -0.1) is 0 Å². The van der Waals surface area contributed by atoms with Crippen molar-refractivity contribution < 1.29 is 9.47 Å². The minimum absolute atomic E-state index is 0.0108. The number of hydrogen-bond acceptors (Lipinski definition) is 3. The highest BCUT2D eigenvalue weighted by molar-refractivity contribution is 4.94. The zero-order chi connectivity index (χ0) is 12.7. The molecule has 3 heteroatoms. The Morgan fingerprint density at radius 1 is 1.24 bits per heavy atom. The first-order valence-corrected chi connectivity index (χ1v) is 7.01. The van der Waals surface area contributed by atoms with E-state index in [-0.39, 0.29) is 5.60 Å². The number of ether oxygens (including phenoxy) is 2. The van der Waals surface area contributed by atoms with Gasteiger partial charge in [-0.3, -0.25) is 0 Å². The SMILES string of the molecule is CCNC(CCC(C)C)C1(OC)CCOCC1. The summed E-state index contributed by atoms with van der Waals surface area (Å²) in [5, 5.41) is 3.62. The van der Waals surface area contributed by atoms with Crippen LogP contribution < -0.4 is 5.32 Å². The Morgan fingerprint density at radius 2 is 1.88 bits per heavy atom. The highest BCUT2D eigenvalue weighted by Gasteiger charge is 2.39. The molecule has 1 fully saturated rings. The van der Waals surface area contributed by atoms with E-state index in [4.69, 9.17) is 9.47 Å². The average Bonchev–Trinajstić information content (AvgIpc) is 2.35. The van der Waals surface area contributed by atoms with Crippen molar-refractivity contribution in [2.24, 2.45) is 5.92 Å². The molecule has 0 radical (unpaired) electrons. The van der Waals surface area contributed by atoms with Gasteiger partial charge in [0.05, 0.1) is 5.60 Å². The van der Waals surface area contributed by atoms with Gasteiger partial charge in [0.15, 0.2) is 0 Å². The van der Waals surface area contributed by atoms with Crippen LogP contribution in [0.3, 0.4) is 0 Å². The monoisotopic (exact) mass is 243 g/mol. The van der Waals surface area contributed by atoms with E-state index in [1.54, 1.807) is 0 Å². The number of nitrogens with one attached hydrogen (secondary N) is 1. The van der Waals surface area contributed by atoms with Crippen LogP contribution in [0.4, 0.5) is 0 Å². The van der Waals surface area contributed by atoms with Crippen molar-refractivity contribution in [2.45, 2.75) is 58.1 Å². The van der Waals surface area contributed by atoms with Crippen molar-refractivity contribution in [3.63, 3.8) is 0 Å². The van der Waals surface area contributed by atoms with Crippen molar-refractivity contribution in [1.82, 2.24) is 5.32 Å². The molecule has 1 saturated heterocycles. The van der Waals surface area contributed by atoms with Crippen molar-refractivity contribution in [3.8, 4) is 0 Å². The Labute approximate surface area is 106 Å². The second-order valence-electron chi connectivity index (χ2n) is 5.46. The van der Waals surface area contributed by atoms with E-state index in [2.05, 4.69) is 26.1 Å². The fourth-order valence-electron chi connectivity index (χ4n) is 2.71. The van der Waals surface area contributed by atoms with Crippen LogP contribution in [0.5, 0.6) is 0 Å². The molecular formula is C14H29NO2. The predicted molar refractivity (Wildman–Crippen MR) is 71.3 cm³/mol. The summed E-state index contributed by atoms with van der Waals surface area (Å²) in [5.41, 5.74) is -0.0108. The third-order valence-corrected chi connectivity index (χ3v) is 3.86. The second-order valence-corrected chi connectivity index (χ2v) is 5.46.